The van der Waals surface area contributed by atoms with E-state index in [1.807, 2.05) is 4.90 Å². The molecule has 2 fully saturated rings. The highest BCUT2D eigenvalue weighted by Crippen LogP contribution is 2.39. The third-order valence-corrected chi connectivity index (χ3v) is 5.07. The van der Waals surface area contributed by atoms with Crippen molar-refractivity contribution in [2.75, 3.05) is 11.4 Å². The van der Waals surface area contributed by atoms with E-state index in [2.05, 4.69) is 0 Å². The fourth-order valence-electron chi connectivity index (χ4n) is 3.87. The second-order valence-corrected chi connectivity index (χ2v) is 6.26. The maximum atomic E-state index is 14.3. The molecule has 3 rings (SSSR count). The molecular weight excluding hydrogens is 280 g/mol. The highest BCUT2D eigenvalue weighted by atomic mass is 35.5. The van der Waals surface area contributed by atoms with Crippen molar-refractivity contribution in [1.82, 2.24) is 0 Å². The molecule has 1 saturated carbocycles. The van der Waals surface area contributed by atoms with E-state index in [4.69, 9.17) is 11.6 Å². The number of hydrogen-bond donors (Lipinski definition) is 0. The summed E-state index contributed by atoms with van der Waals surface area (Å²) < 4.78 is 28.6. The summed E-state index contributed by atoms with van der Waals surface area (Å²) in [4.78, 5) is 1.98. The predicted octanol–water partition coefficient (Wildman–Crippen LogP) is 4.86. The summed E-state index contributed by atoms with van der Waals surface area (Å²) in [5.41, 5.74) is 0.665. The SMILES string of the molecule is Fc1cc(CCl)cc(F)c1N1CCCC2CCCCC21. The van der Waals surface area contributed by atoms with Gasteiger partial charge in [-0.15, -0.1) is 11.6 Å². The van der Waals surface area contributed by atoms with Crippen molar-refractivity contribution in [2.45, 2.75) is 50.4 Å². The molecule has 4 heteroatoms. The van der Waals surface area contributed by atoms with Gasteiger partial charge in [0.2, 0.25) is 0 Å². The standard InChI is InChI=1S/C16H20ClF2N/c17-10-11-8-13(18)16(14(19)9-11)20-7-3-5-12-4-1-2-6-15(12)20/h8-9,12,15H,1-7,10H2. The molecule has 110 valence electrons. The van der Waals surface area contributed by atoms with Gasteiger partial charge in [0.1, 0.15) is 17.3 Å². The molecule has 0 amide bonds. The van der Waals surface area contributed by atoms with Crippen LogP contribution in [-0.4, -0.2) is 12.6 Å². The van der Waals surface area contributed by atoms with Gasteiger partial charge in [0.15, 0.2) is 0 Å². The molecule has 0 radical (unpaired) electrons. The van der Waals surface area contributed by atoms with E-state index in [1.165, 1.54) is 37.8 Å². The zero-order valence-electron chi connectivity index (χ0n) is 11.5. The molecule has 2 atom stereocenters. The first-order chi connectivity index (χ1) is 9.70. The fourth-order valence-corrected chi connectivity index (χ4v) is 4.03. The maximum Gasteiger partial charge on any atom is 0.149 e. The normalized spacial score (nSPS) is 26.4. The summed E-state index contributed by atoms with van der Waals surface area (Å²) >= 11 is 5.67. The van der Waals surface area contributed by atoms with Gasteiger partial charge in [-0.25, -0.2) is 8.78 Å². The Bertz CT molecular complexity index is 466. The number of piperidine rings is 1. The van der Waals surface area contributed by atoms with Crippen LogP contribution in [0.3, 0.4) is 0 Å². The molecule has 2 unspecified atom stereocenters. The quantitative estimate of drug-likeness (QED) is 0.705. The number of fused-ring (bicyclic) bond motifs is 1. The predicted molar refractivity (Wildman–Crippen MR) is 78.2 cm³/mol. The van der Waals surface area contributed by atoms with Crippen molar-refractivity contribution in [3.63, 3.8) is 0 Å². The Hall–Kier alpha value is -0.830. The summed E-state index contributed by atoms with van der Waals surface area (Å²) in [5.74, 6) is -0.192. The Morgan fingerprint density at radius 3 is 2.40 bits per heavy atom. The number of anilines is 1. The van der Waals surface area contributed by atoms with E-state index in [0.717, 1.165) is 19.4 Å². The van der Waals surface area contributed by atoms with E-state index in [1.54, 1.807) is 0 Å². The number of nitrogens with zero attached hydrogens (tertiary/aromatic N) is 1. The molecular formula is C16H20ClF2N. The fraction of sp³-hybridized carbons (Fsp3) is 0.625. The van der Waals surface area contributed by atoms with Crippen LogP contribution in [0.2, 0.25) is 0 Å². The first kappa shape index (κ1) is 14.1. The van der Waals surface area contributed by atoms with Crippen molar-refractivity contribution in [2.24, 2.45) is 5.92 Å². The Morgan fingerprint density at radius 1 is 1.05 bits per heavy atom. The number of halogens is 3. The molecule has 2 aliphatic rings. The van der Waals surface area contributed by atoms with Gasteiger partial charge in [-0.3, -0.25) is 0 Å². The Labute approximate surface area is 123 Å². The van der Waals surface area contributed by atoms with Gasteiger partial charge >= 0.3 is 0 Å². The molecule has 1 aromatic carbocycles. The second-order valence-electron chi connectivity index (χ2n) is 5.99. The minimum absolute atomic E-state index is 0.139. The van der Waals surface area contributed by atoms with Crippen LogP contribution in [0.25, 0.3) is 0 Å². The average molecular weight is 300 g/mol. The van der Waals surface area contributed by atoms with Crippen molar-refractivity contribution in [3.8, 4) is 0 Å². The average Bonchev–Trinajstić information content (AvgIpc) is 2.46. The van der Waals surface area contributed by atoms with E-state index in [9.17, 15) is 8.78 Å². The summed E-state index contributed by atoms with van der Waals surface area (Å²) in [6, 6.07) is 3.05. The highest BCUT2D eigenvalue weighted by Gasteiger charge is 2.35. The van der Waals surface area contributed by atoms with Crippen LogP contribution >= 0.6 is 11.6 Å². The van der Waals surface area contributed by atoms with Gasteiger partial charge in [0, 0.05) is 18.5 Å². The van der Waals surface area contributed by atoms with E-state index in [0.29, 0.717) is 17.5 Å². The van der Waals surface area contributed by atoms with Crippen molar-refractivity contribution in [3.05, 3.63) is 29.3 Å². The molecule has 1 aromatic rings. The zero-order chi connectivity index (χ0) is 14.1. The summed E-state index contributed by atoms with van der Waals surface area (Å²) in [6.07, 6.45) is 6.90. The zero-order valence-corrected chi connectivity index (χ0v) is 12.3. The largest absolute Gasteiger partial charge is 0.364 e. The van der Waals surface area contributed by atoms with Crippen LogP contribution in [0, 0.1) is 17.6 Å². The first-order valence-electron chi connectivity index (χ1n) is 7.51. The van der Waals surface area contributed by atoms with Gasteiger partial charge in [0.05, 0.1) is 0 Å². The third-order valence-electron chi connectivity index (χ3n) is 4.76. The van der Waals surface area contributed by atoms with Crippen molar-refractivity contribution in [1.29, 1.82) is 0 Å². The Balaban J connectivity index is 1.94. The first-order valence-corrected chi connectivity index (χ1v) is 8.04. The molecule has 0 aromatic heterocycles. The van der Waals surface area contributed by atoms with Crippen LogP contribution in [0.1, 0.15) is 44.1 Å². The van der Waals surface area contributed by atoms with E-state index in [-0.39, 0.29) is 11.6 Å². The molecule has 0 N–H and O–H groups in total. The monoisotopic (exact) mass is 299 g/mol. The molecule has 1 saturated heterocycles. The number of hydrogen-bond acceptors (Lipinski definition) is 1. The molecule has 1 heterocycles. The molecule has 1 aliphatic carbocycles. The van der Waals surface area contributed by atoms with Crippen molar-refractivity contribution >= 4 is 17.3 Å². The lowest BCUT2D eigenvalue weighted by atomic mass is 9.78. The van der Waals surface area contributed by atoms with Crippen molar-refractivity contribution < 1.29 is 8.78 Å². The van der Waals surface area contributed by atoms with E-state index >= 15 is 0 Å². The van der Waals surface area contributed by atoms with Gasteiger partial charge in [-0.05, 0) is 49.3 Å². The number of alkyl halides is 1. The van der Waals surface area contributed by atoms with Gasteiger partial charge in [-0.2, -0.15) is 0 Å². The van der Waals surface area contributed by atoms with Gasteiger partial charge in [0.25, 0.3) is 0 Å². The van der Waals surface area contributed by atoms with E-state index < -0.39 is 11.6 Å². The highest BCUT2D eigenvalue weighted by molar-refractivity contribution is 6.17. The Morgan fingerprint density at radius 2 is 1.70 bits per heavy atom. The minimum Gasteiger partial charge on any atom is -0.364 e. The summed E-state index contributed by atoms with van der Waals surface area (Å²) in [5, 5.41) is 0. The molecule has 1 nitrogen and oxygen atoms in total. The van der Waals surface area contributed by atoms with Gasteiger partial charge < -0.3 is 4.90 Å². The molecule has 20 heavy (non-hydrogen) atoms. The lowest BCUT2D eigenvalue weighted by molar-refractivity contribution is 0.241. The molecule has 1 aliphatic heterocycles. The minimum atomic E-state index is -0.466. The number of benzene rings is 1. The maximum absolute atomic E-state index is 14.3. The molecule has 0 bridgehead atoms. The molecule has 0 spiro atoms. The smallest absolute Gasteiger partial charge is 0.149 e. The van der Waals surface area contributed by atoms with Crippen LogP contribution in [0.5, 0.6) is 0 Å². The topological polar surface area (TPSA) is 3.24 Å². The van der Waals surface area contributed by atoms with Crippen LogP contribution in [0.15, 0.2) is 12.1 Å². The van der Waals surface area contributed by atoms with Gasteiger partial charge in [-0.1, -0.05) is 12.8 Å². The van der Waals surface area contributed by atoms with Crippen LogP contribution in [0.4, 0.5) is 14.5 Å². The summed E-state index contributed by atoms with van der Waals surface area (Å²) in [6.45, 7) is 0.759. The van der Waals surface area contributed by atoms with Crippen LogP contribution < -0.4 is 4.90 Å². The Kier molecular flexibility index (Phi) is 4.16. The second kappa shape index (κ2) is 5.88. The lowest BCUT2D eigenvalue weighted by Gasteiger charge is -2.45. The lowest BCUT2D eigenvalue weighted by Crippen LogP contribution is -2.47. The summed E-state index contributed by atoms with van der Waals surface area (Å²) in [7, 11) is 0. The third kappa shape index (κ3) is 2.52. The van der Waals surface area contributed by atoms with Crippen LogP contribution in [-0.2, 0) is 5.88 Å². The number of rotatable bonds is 2.